The Kier molecular flexibility index (Phi) is 6.68. The standard InChI is InChI=1S/C18H21ClFNO2/c1-3-23-17-11-14(10-16(19)18(17)22-2)12-21-9-8-13-4-6-15(20)7-5-13/h4-7,10-11,21H,3,8-9,12H2,1-2H3. The largest absolute Gasteiger partial charge is 0.491 e. The van der Waals surface area contributed by atoms with Crippen LogP contribution >= 0.6 is 11.6 Å². The quantitative estimate of drug-likeness (QED) is 0.732. The number of benzene rings is 2. The normalized spacial score (nSPS) is 10.6. The average molecular weight is 338 g/mol. The van der Waals surface area contributed by atoms with E-state index in [2.05, 4.69) is 5.32 Å². The molecule has 0 aliphatic carbocycles. The Morgan fingerprint density at radius 2 is 1.87 bits per heavy atom. The summed E-state index contributed by atoms with van der Waals surface area (Å²) in [5.74, 6) is 0.999. The number of methoxy groups -OCH3 is 1. The minimum absolute atomic E-state index is 0.210. The van der Waals surface area contributed by atoms with E-state index in [9.17, 15) is 4.39 Å². The van der Waals surface area contributed by atoms with Crippen molar-refractivity contribution in [1.29, 1.82) is 0 Å². The monoisotopic (exact) mass is 337 g/mol. The second-order valence-corrected chi connectivity index (χ2v) is 5.50. The third kappa shape index (κ3) is 5.12. The van der Waals surface area contributed by atoms with E-state index in [1.54, 1.807) is 19.2 Å². The Hall–Kier alpha value is -1.78. The van der Waals surface area contributed by atoms with Gasteiger partial charge in [0.25, 0.3) is 0 Å². The van der Waals surface area contributed by atoms with Crippen LogP contribution in [0.3, 0.4) is 0 Å². The highest BCUT2D eigenvalue weighted by Crippen LogP contribution is 2.36. The predicted octanol–water partition coefficient (Wildman–Crippen LogP) is 4.22. The van der Waals surface area contributed by atoms with E-state index in [1.165, 1.54) is 12.1 Å². The summed E-state index contributed by atoms with van der Waals surface area (Å²) in [6.07, 6.45) is 0.836. The molecule has 0 heterocycles. The molecule has 2 aromatic rings. The van der Waals surface area contributed by atoms with E-state index in [0.29, 0.717) is 29.7 Å². The molecular weight excluding hydrogens is 317 g/mol. The first-order valence-electron chi connectivity index (χ1n) is 7.58. The van der Waals surface area contributed by atoms with Crippen molar-refractivity contribution in [2.75, 3.05) is 20.3 Å². The summed E-state index contributed by atoms with van der Waals surface area (Å²) in [6, 6.07) is 10.4. The lowest BCUT2D eigenvalue weighted by Gasteiger charge is -2.13. The molecule has 0 saturated heterocycles. The van der Waals surface area contributed by atoms with Gasteiger partial charge in [0.05, 0.1) is 18.7 Å². The first-order valence-corrected chi connectivity index (χ1v) is 7.96. The van der Waals surface area contributed by atoms with Gasteiger partial charge >= 0.3 is 0 Å². The van der Waals surface area contributed by atoms with Crippen LogP contribution in [-0.2, 0) is 13.0 Å². The van der Waals surface area contributed by atoms with E-state index >= 15 is 0 Å². The van der Waals surface area contributed by atoms with Crippen molar-refractivity contribution < 1.29 is 13.9 Å². The van der Waals surface area contributed by atoms with Crippen LogP contribution in [0.5, 0.6) is 11.5 Å². The molecule has 0 fully saturated rings. The number of hydrogen-bond acceptors (Lipinski definition) is 3. The van der Waals surface area contributed by atoms with Crippen LogP contribution in [0.15, 0.2) is 36.4 Å². The lowest BCUT2D eigenvalue weighted by Crippen LogP contribution is -2.16. The van der Waals surface area contributed by atoms with Crippen LogP contribution in [0.1, 0.15) is 18.1 Å². The summed E-state index contributed by atoms with van der Waals surface area (Å²) >= 11 is 6.23. The number of ether oxygens (including phenoxy) is 2. The van der Waals surface area contributed by atoms with Gasteiger partial charge in [-0.05, 0) is 55.3 Å². The minimum atomic E-state index is -0.210. The summed E-state index contributed by atoms with van der Waals surface area (Å²) in [5, 5.41) is 3.89. The molecule has 0 aliphatic rings. The zero-order chi connectivity index (χ0) is 16.7. The second kappa shape index (κ2) is 8.75. The molecule has 0 amide bonds. The third-order valence-electron chi connectivity index (χ3n) is 3.41. The summed E-state index contributed by atoms with van der Waals surface area (Å²) in [5.41, 5.74) is 2.13. The lowest BCUT2D eigenvalue weighted by atomic mass is 10.1. The van der Waals surface area contributed by atoms with Gasteiger partial charge in [0.15, 0.2) is 11.5 Å². The zero-order valence-corrected chi connectivity index (χ0v) is 14.1. The van der Waals surface area contributed by atoms with Gasteiger partial charge in [-0.15, -0.1) is 0 Å². The molecule has 0 atom stereocenters. The van der Waals surface area contributed by atoms with Crippen molar-refractivity contribution in [2.24, 2.45) is 0 Å². The topological polar surface area (TPSA) is 30.5 Å². The van der Waals surface area contributed by atoms with E-state index < -0.39 is 0 Å². The van der Waals surface area contributed by atoms with Crippen molar-refractivity contribution in [2.45, 2.75) is 19.9 Å². The van der Waals surface area contributed by atoms with Crippen LogP contribution < -0.4 is 14.8 Å². The first-order chi connectivity index (χ1) is 11.1. The fourth-order valence-corrected chi connectivity index (χ4v) is 2.61. The Morgan fingerprint density at radius 1 is 1.13 bits per heavy atom. The molecule has 0 unspecified atom stereocenters. The smallest absolute Gasteiger partial charge is 0.179 e. The Balaban J connectivity index is 1.91. The summed E-state index contributed by atoms with van der Waals surface area (Å²) in [7, 11) is 1.57. The third-order valence-corrected chi connectivity index (χ3v) is 3.69. The van der Waals surface area contributed by atoms with E-state index in [1.807, 2.05) is 19.1 Å². The number of hydrogen-bond donors (Lipinski definition) is 1. The molecule has 0 saturated carbocycles. The van der Waals surface area contributed by atoms with E-state index in [4.69, 9.17) is 21.1 Å². The highest BCUT2D eigenvalue weighted by atomic mass is 35.5. The van der Waals surface area contributed by atoms with Crippen molar-refractivity contribution >= 4 is 11.6 Å². The van der Waals surface area contributed by atoms with Crippen LogP contribution in [0.4, 0.5) is 4.39 Å². The first kappa shape index (κ1) is 17.6. The molecule has 0 bridgehead atoms. The molecule has 0 aromatic heterocycles. The van der Waals surface area contributed by atoms with Gasteiger partial charge in [0, 0.05) is 6.54 Å². The van der Waals surface area contributed by atoms with Gasteiger partial charge in [-0.25, -0.2) is 4.39 Å². The predicted molar refractivity (Wildman–Crippen MR) is 91.0 cm³/mol. The molecule has 3 nitrogen and oxygen atoms in total. The maximum atomic E-state index is 12.8. The summed E-state index contributed by atoms with van der Waals surface area (Å²) in [6.45, 7) is 3.93. The minimum Gasteiger partial charge on any atom is -0.491 e. The molecule has 2 rings (SSSR count). The SMILES string of the molecule is CCOc1cc(CNCCc2ccc(F)cc2)cc(Cl)c1OC. The Bertz CT molecular complexity index is 632. The molecule has 0 radical (unpaired) electrons. The molecule has 0 aliphatic heterocycles. The van der Waals surface area contributed by atoms with Crippen LogP contribution in [0, 0.1) is 5.82 Å². The summed E-state index contributed by atoms with van der Waals surface area (Å²) in [4.78, 5) is 0. The molecule has 5 heteroatoms. The van der Waals surface area contributed by atoms with Gasteiger partial charge in [-0.2, -0.15) is 0 Å². The maximum Gasteiger partial charge on any atom is 0.179 e. The molecule has 2 aromatic carbocycles. The highest BCUT2D eigenvalue weighted by molar-refractivity contribution is 6.32. The van der Waals surface area contributed by atoms with Crippen molar-refractivity contribution in [3.63, 3.8) is 0 Å². The molecule has 0 spiro atoms. The Morgan fingerprint density at radius 3 is 2.52 bits per heavy atom. The Labute approximate surface area is 141 Å². The number of rotatable bonds is 8. The van der Waals surface area contributed by atoms with Crippen molar-refractivity contribution in [3.05, 3.63) is 58.4 Å². The van der Waals surface area contributed by atoms with E-state index in [0.717, 1.165) is 24.1 Å². The molecular formula is C18H21ClFNO2. The van der Waals surface area contributed by atoms with Crippen molar-refractivity contribution in [1.82, 2.24) is 5.32 Å². The second-order valence-electron chi connectivity index (χ2n) is 5.10. The maximum absolute atomic E-state index is 12.8. The fourth-order valence-electron chi connectivity index (χ4n) is 2.30. The molecule has 23 heavy (non-hydrogen) atoms. The molecule has 1 N–H and O–H groups in total. The molecule has 124 valence electrons. The average Bonchev–Trinajstić information content (AvgIpc) is 2.53. The van der Waals surface area contributed by atoms with Crippen LogP contribution in [0.2, 0.25) is 5.02 Å². The summed E-state index contributed by atoms with van der Waals surface area (Å²) < 4.78 is 23.7. The lowest BCUT2D eigenvalue weighted by molar-refractivity contribution is 0.310. The number of nitrogens with one attached hydrogen (secondary N) is 1. The van der Waals surface area contributed by atoms with Gasteiger partial charge in [-0.1, -0.05) is 23.7 Å². The zero-order valence-electron chi connectivity index (χ0n) is 13.4. The van der Waals surface area contributed by atoms with E-state index in [-0.39, 0.29) is 5.82 Å². The van der Waals surface area contributed by atoms with Gasteiger partial charge in [-0.3, -0.25) is 0 Å². The van der Waals surface area contributed by atoms with Crippen molar-refractivity contribution in [3.8, 4) is 11.5 Å². The highest BCUT2D eigenvalue weighted by Gasteiger charge is 2.11. The van der Waals surface area contributed by atoms with Gasteiger partial charge in [0.1, 0.15) is 5.82 Å². The number of halogens is 2. The van der Waals surface area contributed by atoms with Crippen LogP contribution in [0.25, 0.3) is 0 Å². The van der Waals surface area contributed by atoms with Gasteiger partial charge < -0.3 is 14.8 Å². The van der Waals surface area contributed by atoms with Gasteiger partial charge in [0.2, 0.25) is 0 Å². The fraction of sp³-hybridized carbons (Fsp3) is 0.333. The van der Waals surface area contributed by atoms with Crippen LogP contribution in [-0.4, -0.2) is 20.3 Å².